The lowest BCUT2D eigenvalue weighted by Gasteiger charge is -2.40. The Labute approximate surface area is 238 Å². The van der Waals surface area contributed by atoms with Gasteiger partial charge in [0.05, 0.1) is 30.8 Å². The largest absolute Gasteiger partial charge is 0.465 e. The molecule has 3 heterocycles. The minimum Gasteiger partial charge on any atom is -0.465 e. The number of benzene rings is 1. The number of nitrogens with zero attached hydrogens (tertiary/aromatic N) is 2. The Kier molecular flexibility index (Phi) is 8.62. The third-order valence-electron chi connectivity index (χ3n) is 9.40. The number of aliphatic hydroxyl groups is 1. The molecule has 8 nitrogen and oxygen atoms in total. The predicted octanol–water partition coefficient (Wildman–Crippen LogP) is 4.11. The van der Waals surface area contributed by atoms with Gasteiger partial charge in [-0.1, -0.05) is 44.2 Å². The minimum atomic E-state index is -1.22. The molecular weight excluding hydrogens is 508 g/mol. The van der Waals surface area contributed by atoms with Crippen LogP contribution in [0, 0.1) is 31.6 Å². The van der Waals surface area contributed by atoms with E-state index in [0.29, 0.717) is 25.7 Å². The summed E-state index contributed by atoms with van der Waals surface area (Å²) in [5.41, 5.74) is 0.441. The van der Waals surface area contributed by atoms with Gasteiger partial charge < -0.3 is 24.4 Å². The van der Waals surface area contributed by atoms with E-state index in [1.54, 1.807) is 17.1 Å². The monoisotopic (exact) mass is 552 g/mol. The van der Waals surface area contributed by atoms with Crippen molar-refractivity contribution >= 4 is 23.5 Å². The molecule has 0 saturated carbocycles. The Morgan fingerprint density at radius 2 is 1.95 bits per heavy atom. The zero-order chi connectivity index (χ0) is 29.4. The van der Waals surface area contributed by atoms with E-state index in [0.717, 1.165) is 16.8 Å². The highest BCUT2D eigenvalue weighted by atomic mass is 16.6. The number of anilines is 1. The van der Waals surface area contributed by atoms with Gasteiger partial charge in [-0.15, -0.1) is 13.2 Å². The van der Waals surface area contributed by atoms with E-state index in [-0.39, 0.29) is 37.5 Å². The second-order valence-corrected chi connectivity index (χ2v) is 11.8. The number of aliphatic hydroxyl groups excluding tert-OH is 1. The van der Waals surface area contributed by atoms with Gasteiger partial charge in [0.25, 0.3) is 5.91 Å². The van der Waals surface area contributed by atoms with Crippen molar-refractivity contribution in [3.05, 3.63) is 54.6 Å². The van der Waals surface area contributed by atoms with Crippen LogP contribution in [0.2, 0.25) is 0 Å². The average molecular weight is 553 g/mol. The van der Waals surface area contributed by atoms with Crippen LogP contribution in [0.1, 0.15) is 57.6 Å². The quantitative estimate of drug-likeness (QED) is 0.238. The highest BCUT2D eigenvalue weighted by molar-refractivity contribution is 6.05. The number of amides is 2. The molecule has 1 N–H and O–H groups in total. The Bertz CT molecular complexity index is 1160. The second-order valence-electron chi connectivity index (χ2n) is 11.8. The number of fused-ring (bicyclic) bond motifs is 1. The lowest BCUT2D eigenvalue weighted by Crippen LogP contribution is -2.59. The van der Waals surface area contributed by atoms with Crippen LogP contribution in [-0.4, -0.2) is 70.8 Å². The molecule has 3 aliphatic heterocycles. The van der Waals surface area contributed by atoms with Crippen LogP contribution >= 0.6 is 0 Å². The first-order valence-electron chi connectivity index (χ1n) is 14.4. The molecule has 1 aromatic carbocycles. The number of ether oxygens (including phenoxy) is 2. The van der Waals surface area contributed by atoms with Crippen LogP contribution in [0.3, 0.4) is 0 Å². The lowest BCUT2D eigenvalue weighted by molar-refractivity contribution is -0.162. The molecule has 3 aliphatic rings. The van der Waals surface area contributed by atoms with E-state index in [1.807, 2.05) is 52.8 Å². The molecule has 2 bridgehead atoms. The molecule has 0 radical (unpaired) electrons. The molecule has 0 aliphatic carbocycles. The maximum absolute atomic E-state index is 14.8. The van der Waals surface area contributed by atoms with Crippen LogP contribution in [0.5, 0.6) is 0 Å². The van der Waals surface area contributed by atoms with E-state index < -0.39 is 41.1 Å². The summed E-state index contributed by atoms with van der Waals surface area (Å²) in [6, 6.07) is 4.24. The van der Waals surface area contributed by atoms with Crippen molar-refractivity contribution in [2.75, 3.05) is 24.7 Å². The van der Waals surface area contributed by atoms with Gasteiger partial charge in [0.2, 0.25) is 5.91 Å². The number of hydrogen-bond acceptors (Lipinski definition) is 6. The summed E-state index contributed by atoms with van der Waals surface area (Å²) in [6.07, 6.45) is 5.69. The van der Waals surface area contributed by atoms with Crippen LogP contribution in [0.4, 0.5) is 5.69 Å². The number of aryl methyl sites for hydroxylation is 2. The number of carbonyl (C=O) groups is 3. The normalized spacial score (nSPS) is 31.1. The number of likely N-dealkylation sites (tertiary alicyclic amines) is 1. The first kappa shape index (κ1) is 30.0. The minimum absolute atomic E-state index is 0.0974. The Morgan fingerprint density at radius 1 is 1.27 bits per heavy atom. The first-order chi connectivity index (χ1) is 19.0. The number of esters is 1. The standard InChI is InChI=1S/C32H44N2O6/c1-8-11-12-17-39-30(38)25-24-28(36)34(23(10-3)19-35)27(32(24)18-22(6)31(25,7)40-32)29(37)33(16-9-2)26-20(4)14-13-15-21(26)5/h8-9,13-15,22-25,27,35H,1-2,10-12,16-19H2,3-7H3/t22?,23-,24-,25-,27?,31+,32?/m0/s1. The number of carbonyl (C=O) groups excluding carboxylic acids is 3. The van der Waals surface area contributed by atoms with Crippen molar-refractivity contribution < 1.29 is 29.0 Å². The van der Waals surface area contributed by atoms with Crippen molar-refractivity contribution in [2.24, 2.45) is 17.8 Å². The van der Waals surface area contributed by atoms with Crippen LogP contribution in [-0.2, 0) is 23.9 Å². The summed E-state index contributed by atoms with van der Waals surface area (Å²) in [7, 11) is 0. The molecule has 3 unspecified atom stereocenters. The maximum atomic E-state index is 14.8. The van der Waals surface area contributed by atoms with E-state index in [9.17, 15) is 19.5 Å². The van der Waals surface area contributed by atoms with Gasteiger partial charge in [0.1, 0.15) is 17.6 Å². The van der Waals surface area contributed by atoms with E-state index in [4.69, 9.17) is 9.47 Å². The summed E-state index contributed by atoms with van der Waals surface area (Å²) in [5.74, 6) is -2.92. The molecular formula is C32H44N2O6. The van der Waals surface area contributed by atoms with Gasteiger partial charge in [0, 0.05) is 12.2 Å². The van der Waals surface area contributed by atoms with Crippen molar-refractivity contribution in [2.45, 2.75) is 83.6 Å². The van der Waals surface area contributed by atoms with E-state index in [1.165, 1.54) is 4.90 Å². The van der Waals surface area contributed by atoms with Gasteiger partial charge in [-0.2, -0.15) is 0 Å². The zero-order valence-electron chi connectivity index (χ0n) is 24.5. The van der Waals surface area contributed by atoms with Gasteiger partial charge >= 0.3 is 5.97 Å². The van der Waals surface area contributed by atoms with E-state index in [2.05, 4.69) is 13.2 Å². The summed E-state index contributed by atoms with van der Waals surface area (Å²) in [4.78, 5) is 46.0. The smallest absolute Gasteiger partial charge is 0.312 e. The van der Waals surface area contributed by atoms with Gasteiger partial charge in [-0.3, -0.25) is 14.4 Å². The van der Waals surface area contributed by atoms with Gasteiger partial charge in [-0.05, 0) is 63.5 Å². The van der Waals surface area contributed by atoms with Crippen LogP contribution < -0.4 is 4.90 Å². The number of hydrogen-bond donors (Lipinski definition) is 1. The van der Waals surface area contributed by atoms with Crippen LogP contribution in [0.25, 0.3) is 0 Å². The van der Waals surface area contributed by atoms with Crippen molar-refractivity contribution in [1.82, 2.24) is 4.90 Å². The number of unbranched alkanes of at least 4 members (excludes halogenated alkanes) is 1. The fraction of sp³-hybridized carbons (Fsp3) is 0.594. The van der Waals surface area contributed by atoms with E-state index >= 15 is 0 Å². The second kappa shape index (κ2) is 11.5. The third kappa shape index (κ3) is 4.49. The molecule has 3 saturated heterocycles. The molecule has 40 heavy (non-hydrogen) atoms. The van der Waals surface area contributed by atoms with Gasteiger partial charge in [0.15, 0.2) is 0 Å². The SMILES string of the molecule is C=CCCCOC(=O)[C@@H]1[C@H]2C(=O)N([C@@H](CC)CO)C(C(=O)N(CC=C)c3c(C)cccc3C)C23CC(C)[C@@]1(C)O3. The number of para-hydroxylation sites is 1. The summed E-state index contributed by atoms with van der Waals surface area (Å²) in [5, 5.41) is 10.4. The van der Waals surface area contributed by atoms with Gasteiger partial charge in [-0.25, -0.2) is 0 Å². The third-order valence-corrected chi connectivity index (χ3v) is 9.40. The fourth-order valence-electron chi connectivity index (χ4n) is 7.41. The number of rotatable bonds is 12. The molecule has 4 rings (SSSR count). The summed E-state index contributed by atoms with van der Waals surface area (Å²) < 4.78 is 12.5. The topological polar surface area (TPSA) is 96.4 Å². The fourth-order valence-corrected chi connectivity index (χ4v) is 7.41. The highest BCUT2D eigenvalue weighted by Crippen LogP contribution is 2.65. The average Bonchev–Trinajstić information content (AvgIpc) is 3.43. The Balaban J connectivity index is 1.84. The lowest BCUT2D eigenvalue weighted by atomic mass is 9.62. The molecule has 1 aromatic rings. The first-order valence-corrected chi connectivity index (χ1v) is 14.4. The zero-order valence-corrected chi connectivity index (χ0v) is 24.5. The maximum Gasteiger partial charge on any atom is 0.312 e. The molecule has 7 atom stereocenters. The molecule has 0 aromatic heterocycles. The summed E-state index contributed by atoms with van der Waals surface area (Å²) in [6.45, 7) is 17.4. The molecule has 2 amide bonds. The molecule has 3 fully saturated rings. The Morgan fingerprint density at radius 3 is 2.52 bits per heavy atom. The predicted molar refractivity (Wildman–Crippen MR) is 154 cm³/mol. The van der Waals surface area contributed by atoms with Crippen LogP contribution in [0.15, 0.2) is 43.5 Å². The van der Waals surface area contributed by atoms with Crippen molar-refractivity contribution in [3.63, 3.8) is 0 Å². The summed E-state index contributed by atoms with van der Waals surface area (Å²) >= 11 is 0. The molecule has 218 valence electrons. The molecule has 8 heteroatoms. The number of allylic oxidation sites excluding steroid dienone is 1. The highest BCUT2D eigenvalue weighted by Gasteiger charge is 2.80. The van der Waals surface area contributed by atoms with Crippen molar-refractivity contribution in [1.29, 1.82) is 0 Å². The molecule has 1 spiro atoms. The van der Waals surface area contributed by atoms with Crippen molar-refractivity contribution in [3.8, 4) is 0 Å². The Hall–Kier alpha value is -2.97.